The molecule has 0 saturated heterocycles. The van der Waals surface area contributed by atoms with Crippen molar-refractivity contribution in [2.45, 2.75) is 71.1 Å². The number of benzene rings is 1. The van der Waals surface area contributed by atoms with E-state index in [2.05, 4.69) is 41.5 Å². The van der Waals surface area contributed by atoms with Gasteiger partial charge in [0.1, 0.15) is 0 Å². The molecular formula is C21H28N2O2S. The van der Waals surface area contributed by atoms with Crippen LogP contribution in [0.25, 0.3) is 0 Å². The lowest BCUT2D eigenvalue weighted by molar-refractivity contribution is 0.579. The van der Waals surface area contributed by atoms with E-state index >= 15 is 0 Å². The highest BCUT2D eigenvalue weighted by atomic mass is 32.2. The fraction of sp³-hybridized carbons (Fsp3) is 0.476. The number of rotatable bonds is 6. The van der Waals surface area contributed by atoms with E-state index in [1.54, 1.807) is 6.92 Å². The fourth-order valence-electron chi connectivity index (χ4n) is 2.57. The molecule has 0 spiro atoms. The van der Waals surface area contributed by atoms with Crippen molar-refractivity contribution in [3.8, 4) is 24.2 Å². The van der Waals surface area contributed by atoms with E-state index in [9.17, 15) is 8.42 Å². The normalized spacial score (nSPS) is 12.1. The van der Waals surface area contributed by atoms with Crippen LogP contribution in [0.1, 0.15) is 82.9 Å². The second-order valence-electron chi connectivity index (χ2n) is 7.07. The monoisotopic (exact) mass is 372 g/mol. The molecule has 0 aliphatic carbocycles. The van der Waals surface area contributed by atoms with Crippen LogP contribution in [0.4, 0.5) is 0 Å². The van der Waals surface area contributed by atoms with E-state index in [0.29, 0.717) is 5.92 Å². The van der Waals surface area contributed by atoms with Crippen LogP contribution in [-0.2, 0) is 10.0 Å². The fourth-order valence-corrected chi connectivity index (χ4v) is 4.08. The molecule has 0 amide bonds. The van der Waals surface area contributed by atoms with Gasteiger partial charge in [-0.1, -0.05) is 59.6 Å². The van der Waals surface area contributed by atoms with E-state index in [1.807, 2.05) is 39.8 Å². The zero-order valence-electron chi connectivity index (χ0n) is 16.6. The van der Waals surface area contributed by atoms with Crippen LogP contribution in [0.2, 0.25) is 0 Å². The number of sulfonamides is 1. The first-order chi connectivity index (χ1) is 12.0. The van der Waals surface area contributed by atoms with Crippen molar-refractivity contribution in [2.75, 3.05) is 0 Å². The number of nitrogens with one attached hydrogen (secondary N) is 1. The molecule has 140 valence electrons. The van der Waals surface area contributed by atoms with E-state index < -0.39 is 10.0 Å². The third kappa shape index (κ3) is 5.13. The zero-order valence-corrected chi connectivity index (χ0v) is 17.5. The molecule has 1 rings (SSSR count). The molecule has 0 aromatic heterocycles. The maximum absolute atomic E-state index is 13.1. The van der Waals surface area contributed by atoms with Gasteiger partial charge in [-0.2, -0.15) is 13.2 Å². The lowest BCUT2D eigenvalue weighted by atomic mass is 9.89. The third-order valence-electron chi connectivity index (χ3n) is 4.01. The average molecular weight is 373 g/mol. The van der Waals surface area contributed by atoms with Gasteiger partial charge < -0.3 is 0 Å². The van der Waals surface area contributed by atoms with Gasteiger partial charge in [-0.3, -0.25) is 0 Å². The van der Waals surface area contributed by atoms with Crippen LogP contribution >= 0.6 is 0 Å². The number of hydrogen-bond donors (Lipinski definition) is 1. The van der Waals surface area contributed by atoms with Gasteiger partial charge in [0.05, 0.1) is 4.90 Å². The Morgan fingerprint density at radius 2 is 1.54 bits per heavy atom. The summed E-state index contributed by atoms with van der Waals surface area (Å²) < 4.78 is 26.1. The molecule has 0 heterocycles. The molecule has 1 aromatic rings. The third-order valence-corrected chi connectivity index (χ3v) is 5.35. The predicted octanol–water partition coefficient (Wildman–Crippen LogP) is 4.35. The zero-order chi connectivity index (χ0) is 20.1. The summed E-state index contributed by atoms with van der Waals surface area (Å²) in [6.45, 7) is 13.8. The Kier molecular flexibility index (Phi) is 7.48. The standard InChI is InChI=1S/C21H28N2O2S/c1-9-11-18(10-2)22-23-26(24,25)21-19(15(5)6)12-17(14(3)4)13-20(21)16(7)8/h2,12-16,23H,1,3-8H3/b22-18-. The van der Waals surface area contributed by atoms with Crippen LogP contribution in [0.3, 0.4) is 0 Å². The van der Waals surface area contributed by atoms with Gasteiger partial charge in [0.2, 0.25) is 0 Å². The Bertz CT molecular complexity index is 861. The lowest BCUT2D eigenvalue weighted by Crippen LogP contribution is -2.24. The molecule has 1 N–H and O–H groups in total. The number of hydrazone groups is 1. The lowest BCUT2D eigenvalue weighted by Gasteiger charge is -2.22. The molecule has 4 nitrogen and oxygen atoms in total. The van der Waals surface area contributed by atoms with E-state index in [4.69, 9.17) is 6.42 Å². The molecule has 0 saturated carbocycles. The molecule has 0 unspecified atom stereocenters. The van der Waals surface area contributed by atoms with Crippen LogP contribution in [0.5, 0.6) is 0 Å². The first-order valence-electron chi connectivity index (χ1n) is 8.71. The molecular weight excluding hydrogens is 344 g/mol. The molecule has 0 radical (unpaired) electrons. The van der Waals surface area contributed by atoms with Crippen molar-refractivity contribution in [1.82, 2.24) is 4.83 Å². The summed E-state index contributed by atoms with van der Waals surface area (Å²) in [5.41, 5.74) is 2.74. The van der Waals surface area contributed by atoms with Crippen LogP contribution < -0.4 is 4.83 Å². The Labute approximate surface area is 158 Å². The van der Waals surface area contributed by atoms with Gasteiger partial charge in [0, 0.05) is 0 Å². The number of hydrogen-bond acceptors (Lipinski definition) is 3. The summed E-state index contributed by atoms with van der Waals surface area (Å²) in [5, 5.41) is 3.81. The summed E-state index contributed by atoms with van der Waals surface area (Å²) in [7, 11) is -3.88. The molecule has 0 aliphatic rings. The predicted molar refractivity (Wildman–Crippen MR) is 109 cm³/mol. The van der Waals surface area contributed by atoms with Crippen molar-refractivity contribution >= 4 is 15.7 Å². The Morgan fingerprint density at radius 1 is 1.04 bits per heavy atom. The van der Waals surface area contributed by atoms with Gasteiger partial charge in [-0.25, -0.2) is 0 Å². The molecule has 1 aromatic carbocycles. The quantitative estimate of drug-likeness (QED) is 0.458. The largest absolute Gasteiger partial charge is 0.277 e. The summed E-state index contributed by atoms with van der Waals surface area (Å²) in [6, 6.07) is 3.96. The highest BCUT2D eigenvalue weighted by Crippen LogP contribution is 2.34. The Hall–Kier alpha value is -2.24. The van der Waals surface area contributed by atoms with Crippen molar-refractivity contribution in [1.29, 1.82) is 0 Å². The van der Waals surface area contributed by atoms with Crippen molar-refractivity contribution in [3.05, 3.63) is 28.8 Å². The van der Waals surface area contributed by atoms with Gasteiger partial charge in [0.15, 0.2) is 5.71 Å². The second kappa shape index (κ2) is 8.92. The average Bonchev–Trinajstić information content (AvgIpc) is 2.57. The van der Waals surface area contributed by atoms with Crippen molar-refractivity contribution in [3.63, 3.8) is 0 Å². The van der Waals surface area contributed by atoms with Crippen LogP contribution in [-0.4, -0.2) is 14.1 Å². The van der Waals surface area contributed by atoms with E-state index in [1.165, 1.54) is 0 Å². The molecule has 0 bridgehead atoms. The highest BCUT2D eigenvalue weighted by Gasteiger charge is 2.26. The minimum absolute atomic E-state index is 0.0456. The maximum Gasteiger partial charge on any atom is 0.277 e. The number of terminal acetylenes is 1. The summed E-state index contributed by atoms with van der Waals surface area (Å²) >= 11 is 0. The smallest absolute Gasteiger partial charge is 0.200 e. The SMILES string of the molecule is C#C/C(C#CC)=N/NS(=O)(=O)c1c(C(C)C)cc(C(C)C)cc1C(C)C. The molecule has 0 fully saturated rings. The van der Waals surface area contributed by atoms with Crippen LogP contribution in [0.15, 0.2) is 22.1 Å². The second-order valence-corrected chi connectivity index (χ2v) is 8.66. The molecule has 0 aliphatic heterocycles. The topological polar surface area (TPSA) is 58.5 Å². The summed E-state index contributed by atoms with van der Waals surface area (Å²) in [5.74, 6) is 7.88. The Morgan fingerprint density at radius 3 is 1.88 bits per heavy atom. The van der Waals surface area contributed by atoms with Gasteiger partial charge in [-0.15, -0.1) is 11.5 Å². The molecule has 26 heavy (non-hydrogen) atoms. The van der Waals surface area contributed by atoms with E-state index in [0.717, 1.165) is 16.7 Å². The summed E-state index contributed by atoms with van der Waals surface area (Å²) in [4.78, 5) is 2.55. The first kappa shape index (κ1) is 21.8. The minimum atomic E-state index is -3.88. The Balaban J connectivity index is 3.67. The molecule has 0 atom stereocenters. The van der Waals surface area contributed by atoms with E-state index in [-0.39, 0.29) is 22.4 Å². The van der Waals surface area contributed by atoms with Crippen molar-refractivity contribution < 1.29 is 8.42 Å². The minimum Gasteiger partial charge on any atom is -0.200 e. The van der Waals surface area contributed by atoms with Crippen molar-refractivity contribution in [2.24, 2.45) is 5.10 Å². The van der Waals surface area contributed by atoms with Gasteiger partial charge in [0.25, 0.3) is 10.0 Å². The summed E-state index contributed by atoms with van der Waals surface area (Å²) in [6.07, 6.45) is 5.32. The first-order valence-corrected chi connectivity index (χ1v) is 10.2. The van der Waals surface area contributed by atoms with Crippen LogP contribution in [0, 0.1) is 24.2 Å². The van der Waals surface area contributed by atoms with Gasteiger partial charge >= 0.3 is 0 Å². The van der Waals surface area contributed by atoms with Gasteiger partial charge in [-0.05, 0) is 53.2 Å². The maximum atomic E-state index is 13.1. The number of nitrogens with zero attached hydrogens (tertiary/aromatic N) is 1. The molecule has 5 heteroatoms. The highest BCUT2D eigenvalue weighted by molar-refractivity contribution is 7.89.